The number of para-hydroxylation sites is 1. The minimum absolute atomic E-state index is 0.271. The van der Waals surface area contributed by atoms with Crippen LogP contribution in [0.5, 0.6) is 17.2 Å². The van der Waals surface area contributed by atoms with Gasteiger partial charge in [0.2, 0.25) is 5.75 Å². The second-order valence-corrected chi connectivity index (χ2v) is 6.37. The van der Waals surface area contributed by atoms with Gasteiger partial charge < -0.3 is 19.2 Å². The van der Waals surface area contributed by atoms with Crippen molar-refractivity contribution < 1.29 is 14.2 Å². The van der Waals surface area contributed by atoms with E-state index in [9.17, 15) is 4.79 Å². The van der Waals surface area contributed by atoms with Gasteiger partial charge in [0.15, 0.2) is 11.5 Å². The average Bonchev–Trinajstić information content (AvgIpc) is 3.11. The van der Waals surface area contributed by atoms with Crippen LogP contribution in [0.15, 0.2) is 46.3 Å². The van der Waals surface area contributed by atoms with Crippen molar-refractivity contribution in [2.75, 3.05) is 21.3 Å². The minimum atomic E-state index is -0.271. The Balaban J connectivity index is 1.83. The number of hydrogen-bond donors (Lipinski definition) is 1. The summed E-state index contributed by atoms with van der Waals surface area (Å²) in [5.41, 5.74) is 2.33. The summed E-state index contributed by atoms with van der Waals surface area (Å²) in [7, 11) is 4.62. The van der Waals surface area contributed by atoms with E-state index in [-0.39, 0.29) is 5.56 Å². The largest absolute Gasteiger partial charge is 0.493 e. The lowest BCUT2D eigenvalue weighted by molar-refractivity contribution is 0.324. The van der Waals surface area contributed by atoms with Crippen LogP contribution >= 0.6 is 0 Å². The number of aryl methyl sites for hydroxylation is 1. The first-order valence-corrected chi connectivity index (χ1v) is 8.91. The topological polar surface area (TPSA) is 90.7 Å². The Hall–Kier alpha value is -3.81. The number of aromatic amines is 1. The number of nitrogens with one attached hydrogen (secondary N) is 1. The SMILES string of the molecule is COc1cc(/C=N\n2c(C)nc3c([nH]c4ccccc43)c2=O)cc(OC)c1OC. The van der Waals surface area contributed by atoms with Crippen LogP contribution in [0.3, 0.4) is 0 Å². The van der Waals surface area contributed by atoms with Crippen molar-refractivity contribution in [2.45, 2.75) is 6.92 Å². The molecular formula is C21H20N4O4. The molecule has 1 N–H and O–H groups in total. The zero-order valence-electron chi connectivity index (χ0n) is 16.5. The van der Waals surface area contributed by atoms with E-state index in [2.05, 4.69) is 15.1 Å². The molecule has 0 fully saturated rings. The summed E-state index contributed by atoms with van der Waals surface area (Å²) < 4.78 is 17.3. The van der Waals surface area contributed by atoms with Crippen LogP contribution < -0.4 is 19.8 Å². The molecular weight excluding hydrogens is 372 g/mol. The monoisotopic (exact) mass is 392 g/mol. The maximum atomic E-state index is 13.0. The third-order valence-corrected chi connectivity index (χ3v) is 4.67. The van der Waals surface area contributed by atoms with Gasteiger partial charge in [-0.05, 0) is 25.1 Å². The predicted octanol–water partition coefficient (Wildman–Crippen LogP) is 3.09. The molecule has 0 radical (unpaired) electrons. The van der Waals surface area contributed by atoms with Crippen LogP contribution in [0.1, 0.15) is 11.4 Å². The number of hydrogen-bond acceptors (Lipinski definition) is 6. The van der Waals surface area contributed by atoms with Crippen molar-refractivity contribution in [1.82, 2.24) is 14.6 Å². The second kappa shape index (κ2) is 7.31. The zero-order chi connectivity index (χ0) is 20.5. The van der Waals surface area contributed by atoms with Gasteiger partial charge in [0, 0.05) is 16.5 Å². The van der Waals surface area contributed by atoms with Gasteiger partial charge in [0.1, 0.15) is 16.9 Å². The molecule has 8 heteroatoms. The fraction of sp³-hybridized carbons (Fsp3) is 0.190. The molecule has 2 heterocycles. The number of aromatic nitrogens is 3. The molecule has 8 nitrogen and oxygen atoms in total. The maximum absolute atomic E-state index is 13.0. The van der Waals surface area contributed by atoms with E-state index in [0.29, 0.717) is 39.7 Å². The molecule has 0 saturated carbocycles. The van der Waals surface area contributed by atoms with E-state index in [1.807, 2.05) is 24.3 Å². The first kappa shape index (κ1) is 18.5. The van der Waals surface area contributed by atoms with E-state index >= 15 is 0 Å². The summed E-state index contributed by atoms with van der Waals surface area (Å²) >= 11 is 0. The maximum Gasteiger partial charge on any atom is 0.298 e. The third-order valence-electron chi connectivity index (χ3n) is 4.67. The summed E-state index contributed by atoms with van der Waals surface area (Å²) in [4.78, 5) is 20.7. The summed E-state index contributed by atoms with van der Waals surface area (Å²) in [6.45, 7) is 1.75. The van der Waals surface area contributed by atoms with Crippen molar-refractivity contribution in [3.05, 3.63) is 58.1 Å². The second-order valence-electron chi connectivity index (χ2n) is 6.37. The van der Waals surface area contributed by atoms with Crippen LogP contribution in [-0.4, -0.2) is 42.2 Å². The Morgan fingerprint density at radius 1 is 1.07 bits per heavy atom. The Morgan fingerprint density at radius 3 is 2.41 bits per heavy atom. The first-order chi connectivity index (χ1) is 14.1. The highest BCUT2D eigenvalue weighted by Crippen LogP contribution is 2.37. The molecule has 0 spiro atoms. The lowest BCUT2D eigenvalue weighted by atomic mass is 10.2. The smallest absolute Gasteiger partial charge is 0.298 e. The molecule has 0 amide bonds. The molecule has 0 aliphatic heterocycles. The van der Waals surface area contributed by atoms with E-state index in [0.717, 1.165) is 10.9 Å². The number of rotatable bonds is 5. The van der Waals surface area contributed by atoms with Gasteiger partial charge >= 0.3 is 0 Å². The normalized spacial score (nSPS) is 11.4. The van der Waals surface area contributed by atoms with E-state index in [1.165, 1.54) is 11.8 Å². The van der Waals surface area contributed by atoms with Crippen LogP contribution in [0.2, 0.25) is 0 Å². The van der Waals surface area contributed by atoms with Gasteiger partial charge in [0.05, 0.1) is 27.5 Å². The molecule has 0 atom stereocenters. The van der Waals surface area contributed by atoms with Crippen molar-refractivity contribution in [3.63, 3.8) is 0 Å². The standard InChI is InChI=1S/C21H20N4O4/c1-12-23-18-14-7-5-6-8-15(14)24-19(18)21(26)25(12)22-11-13-9-16(27-2)20(29-4)17(10-13)28-3/h5-11,24H,1-4H3/b22-11-. The molecule has 4 rings (SSSR count). The Bertz CT molecular complexity index is 1280. The van der Waals surface area contributed by atoms with Crippen molar-refractivity contribution in [3.8, 4) is 17.2 Å². The Morgan fingerprint density at radius 2 is 1.76 bits per heavy atom. The molecule has 148 valence electrons. The average molecular weight is 392 g/mol. The number of nitrogens with zero attached hydrogens (tertiary/aromatic N) is 3. The molecule has 29 heavy (non-hydrogen) atoms. The van der Waals surface area contributed by atoms with Gasteiger partial charge in [-0.25, -0.2) is 4.98 Å². The van der Waals surface area contributed by atoms with Crippen molar-refractivity contribution >= 4 is 28.2 Å². The number of ether oxygens (including phenoxy) is 3. The van der Waals surface area contributed by atoms with Crippen molar-refractivity contribution in [1.29, 1.82) is 0 Å². The van der Waals surface area contributed by atoms with Crippen LogP contribution in [0, 0.1) is 6.92 Å². The minimum Gasteiger partial charge on any atom is -0.493 e. The van der Waals surface area contributed by atoms with E-state index in [1.54, 1.807) is 39.5 Å². The highest BCUT2D eigenvalue weighted by Gasteiger charge is 2.14. The summed E-state index contributed by atoms with van der Waals surface area (Å²) in [5.74, 6) is 1.97. The van der Waals surface area contributed by atoms with Crippen LogP contribution in [0.4, 0.5) is 0 Å². The molecule has 4 aromatic rings. The number of H-pyrrole nitrogens is 1. The van der Waals surface area contributed by atoms with Crippen molar-refractivity contribution in [2.24, 2.45) is 5.10 Å². The van der Waals surface area contributed by atoms with Gasteiger partial charge in [-0.15, -0.1) is 0 Å². The molecule has 0 aliphatic carbocycles. The molecule has 0 aliphatic rings. The third kappa shape index (κ3) is 3.08. The number of methoxy groups -OCH3 is 3. The first-order valence-electron chi connectivity index (χ1n) is 8.91. The summed E-state index contributed by atoms with van der Waals surface area (Å²) in [6.07, 6.45) is 1.55. The quantitative estimate of drug-likeness (QED) is 0.527. The van der Waals surface area contributed by atoms with Crippen LogP contribution in [-0.2, 0) is 0 Å². The van der Waals surface area contributed by atoms with E-state index < -0.39 is 0 Å². The molecule has 0 bridgehead atoms. The predicted molar refractivity (Wildman–Crippen MR) is 112 cm³/mol. The highest BCUT2D eigenvalue weighted by atomic mass is 16.5. The summed E-state index contributed by atoms with van der Waals surface area (Å²) in [5, 5.41) is 5.25. The van der Waals surface area contributed by atoms with Crippen LogP contribution in [0.25, 0.3) is 21.9 Å². The summed E-state index contributed by atoms with van der Waals surface area (Å²) in [6, 6.07) is 11.2. The van der Waals surface area contributed by atoms with E-state index in [4.69, 9.17) is 14.2 Å². The Labute approximate surface area is 166 Å². The van der Waals surface area contributed by atoms with Gasteiger partial charge in [-0.1, -0.05) is 18.2 Å². The molecule has 0 unspecified atom stereocenters. The fourth-order valence-electron chi connectivity index (χ4n) is 3.30. The lowest BCUT2D eigenvalue weighted by Crippen LogP contribution is -2.20. The van der Waals surface area contributed by atoms with Gasteiger partial charge in [-0.2, -0.15) is 9.78 Å². The molecule has 0 saturated heterocycles. The number of fused-ring (bicyclic) bond motifs is 3. The highest BCUT2D eigenvalue weighted by molar-refractivity contribution is 6.04. The molecule has 2 aromatic heterocycles. The fourth-order valence-corrected chi connectivity index (χ4v) is 3.30. The van der Waals surface area contributed by atoms with Gasteiger partial charge in [-0.3, -0.25) is 4.79 Å². The Kier molecular flexibility index (Phi) is 4.67. The zero-order valence-corrected chi connectivity index (χ0v) is 16.5. The lowest BCUT2D eigenvalue weighted by Gasteiger charge is -2.12. The number of benzene rings is 2. The molecule has 2 aromatic carbocycles. The van der Waals surface area contributed by atoms with Gasteiger partial charge in [0.25, 0.3) is 5.56 Å².